The molecule has 1 amide bonds. The molecule has 3 heterocycles. The van der Waals surface area contributed by atoms with Crippen molar-refractivity contribution in [2.45, 2.75) is 12.5 Å². The average molecular weight is 416 g/mol. The molecule has 31 heavy (non-hydrogen) atoms. The van der Waals surface area contributed by atoms with Crippen molar-refractivity contribution >= 4 is 22.6 Å². The largest absolute Gasteiger partial charge is 0.497 e. The first-order chi connectivity index (χ1) is 15.0. The number of amides is 1. The zero-order valence-corrected chi connectivity index (χ0v) is 17.6. The minimum atomic E-state index is -0.0490. The summed E-state index contributed by atoms with van der Waals surface area (Å²) in [4.78, 5) is 18.1. The van der Waals surface area contributed by atoms with Crippen LogP contribution in [0.4, 0.5) is 5.82 Å². The molecule has 7 heteroatoms. The van der Waals surface area contributed by atoms with Crippen molar-refractivity contribution in [3.8, 4) is 23.3 Å². The molecule has 158 valence electrons. The Bertz CT molecular complexity index is 1200. The number of aromatic nitrogens is 2. The maximum atomic E-state index is 12.0. The third-order valence-corrected chi connectivity index (χ3v) is 5.51. The first kappa shape index (κ1) is 20.4. The lowest BCUT2D eigenvalue weighted by atomic mass is 10.1. The normalized spacial score (nSPS) is 15.4. The highest BCUT2D eigenvalue weighted by molar-refractivity contribution is 5.95. The maximum Gasteiger partial charge on any atom is 0.246 e. The number of benzene rings is 1. The number of hydrogen-bond donors (Lipinski definition) is 1. The SMILES string of the molecule is C=CC(=O)N1CCC(n2cc(C#Cc3cc(OC)cc(OC)c3)c3c(N)nccc32)C1. The highest BCUT2D eigenvalue weighted by Gasteiger charge is 2.27. The quantitative estimate of drug-likeness (QED) is 0.522. The molecule has 1 fully saturated rings. The van der Waals surface area contributed by atoms with Crippen LogP contribution in [0.5, 0.6) is 11.5 Å². The van der Waals surface area contributed by atoms with Gasteiger partial charge in [-0.1, -0.05) is 18.4 Å². The summed E-state index contributed by atoms with van der Waals surface area (Å²) in [5.41, 5.74) is 8.73. The number of anilines is 1. The summed E-state index contributed by atoms with van der Waals surface area (Å²) in [5, 5.41) is 0.818. The van der Waals surface area contributed by atoms with Crippen molar-refractivity contribution in [1.82, 2.24) is 14.5 Å². The van der Waals surface area contributed by atoms with Gasteiger partial charge in [0.2, 0.25) is 5.91 Å². The number of methoxy groups -OCH3 is 2. The molecule has 0 radical (unpaired) electrons. The van der Waals surface area contributed by atoms with Crippen LogP contribution in [0.3, 0.4) is 0 Å². The fourth-order valence-electron chi connectivity index (χ4n) is 3.95. The predicted molar refractivity (Wildman–Crippen MR) is 120 cm³/mol. The standard InChI is InChI=1S/C24H24N4O3/c1-4-22(29)27-10-8-18(15-27)28-14-17(23-21(28)7-9-26-24(23)25)6-5-16-11-19(30-2)13-20(12-16)31-3/h4,7,9,11-14,18H,1,8,10,15H2,2-3H3,(H2,25,26). The summed E-state index contributed by atoms with van der Waals surface area (Å²) < 4.78 is 12.8. The van der Waals surface area contributed by atoms with E-state index >= 15 is 0 Å². The van der Waals surface area contributed by atoms with Crippen LogP contribution in [0.2, 0.25) is 0 Å². The first-order valence-corrected chi connectivity index (χ1v) is 9.95. The average Bonchev–Trinajstić information content (AvgIpc) is 3.42. The van der Waals surface area contributed by atoms with Crippen molar-refractivity contribution < 1.29 is 14.3 Å². The van der Waals surface area contributed by atoms with Crippen molar-refractivity contribution in [2.24, 2.45) is 0 Å². The zero-order chi connectivity index (χ0) is 22.0. The summed E-state index contributed by atoms with van der Waals surface area (Å²) in [6.07, 6.45) is 5.91. The molecule has 1 aromatic carbocycles. The van der Waals surface area contributed by atoms with Gasteiger partial charge in [-0.3, -0.25) is 4.79 Å². The monoisotopic (exact) mass is 416 g/mol. The number of carbonyl (C=O) groups excluding carboxylic acids is 1. The minimum absolute atomic E-state index is 0.0490. The van der Waals surface area contributed by atoms with E-state index in [1.165, 1.54) is 6.08 Å². The van der Waals surface area contributed by atoms with Gasteiger partial charge in [0.15, 0.2) is 0 Å². The van der Waals surface area contributed by atoms with E-state index in [9.17, 15) is 4.79 Å². The second kappa shape index (κ2) is 8.44. The highest BCUT2D eigenvalue weighted by Crippen LogP contribution is 2.32. The number of hydrogen-bond acceptors (Lipinski definition) is 5. The Hall–Kier alpha value is -3.92. The van der Waals surface area contributed by atoms with Crippen LogP contribution < -0.4 is 15.2 Å². The summed E-state index contributed by atoms with van der Waals surface area (Å²) in [6, 6.07) is 7.58. The van der Waals surface area contributed by atoms with E-state index in [0.717, 1.165) is 28.5 Å². The van der Waals surface area contributed by atoms with Gasteiger partial charge in [-0.2, -0.15) is 0 Å². The Kier molecular flexibility index (Phi) is 5.54. The molecule has 2 aromatic heterocycles. The topological polar surface area (TPSA) is 82.6 Å². The van der Waals surface area contributed by atoms with Gasteiger partial charge in [-0.15, -0.1) is 0 Å². The fraction of sp³-hybridized carbons (Fsp3) is 0.250. The summed E-state index contributed by atoms with van der Waals surface area (Å²) in [6.45, 7) is 4.90. The number of nitrogens with two attached hydrogens (primary N) is 1. The third-order valence-electron chi connectivity index (χ3n) is 5.51. The van der Waals surface area contributed by atoms with Crippen molar-refractivity contribution in [2.75, 3.05) is 33.0 Å². The Labute approximate surface area is 181 Å². The lowest BCUT2D eigenvalue weighted by molar-refractivity contribution is -0.125. The molecule has 1 aliphatic heterocycles. The smallest absolute Gasteiger partial charge is 0.246 e. The zero-order valence-electron chi connectivity index (χ0n) is 17.6. The minimum Gasteiger partial charge on any atom is -0.497 e. The summed E-state index contributed by atoms with van der Waals surface area (Å²) in [7, 11) is 3.21. The van der Waals surface area contributed by atoms with Gasteiger partial charge in [0, 0.05) is 37.1 Å². The van der Waals surface area contributed by atoms with Crippen molar-refractivity contribution in [3.05, 3.63) is 60.4 Å². The molecule has 3 aromatic rings. The number of nitrogen functional groups attached to an aromatic ring is 1. The molecule has 0 aliphatic carbocycles. The van der Waals surface area contributed by atoms with Gasteiger partial charge < -0.3 is 24.7 Å². The molecule has 0 bridgehead atoms. The van der Waals surface area contributed by atoms with Crippen LogP contribution in [-0.4, -0.2) is 47.7 Å². The van der Waals surface area contributed by atoms with Crippen LogP contribution in [0.15, 0.2) is 49.3 Å². The van der Waals surface area contributed by atoms with Gasteiger partial charge >= 0.3 is 0 Å². The number of likely N-dealkylation sites (tertiary alicyclic amines) is 1. The molecule has 4 rings (SSSR count). The lowest BCUT2D eigenvalue weighted by Crippen LogP contribution is -2.27. The number of pyridine rings is 1. The Morgan fingerprint density at radius 3 is 2.68 bits per heavy atom. The molecule has 1 atom stereocenters. The summed E-state index contributed by atoms with van der Waals surface area (Å²) >= 11 is 0. The van der Waals surface area contributed by atoms with Crippen LogP contribution >= 0.6 is 0 Å². The van der Waals surface area contributed by atoms with E-state index in [0.29, 0.717) is 30.4 Å². The van der Waals surface area contributed by atoms with Crippen LogP contribution in [0, 0.1) is 11.8 Å². The lowest BCUT2D eigenvalue weighted by Gasteiger charge is -2.16. The van der Waals surface area contributed by atoms with Crippen LogP contribution in [0.1, 0.15) is 23.6 Å². The molecule has 2 N–H and O–H groups in total. The molecular formula is C24H24N4O3. The van der Waals surface area contributed by atoms with E-state index in [4.69, 9.17) is 15.2 Å². The molecule has 1 aliphatic rings. The fourth-order valence-corrected chi connectivity index (χ4v) is 3.95. The molecule has 0 spiro atoms. The second-order valence-electron chi connectivity index (χ2n) is 7.32. The van der Waals surface area contributed by atoms with Gasteiger partial charge in [-0.05, 0) is 30.7 Å². The molecular weight excluding hydrogens is 392 g/mol. The predicted octanol–water partition coefficient (Wildman–Crippen LogP) is 2.99. The van der Waals surface area contributed by atoms with Gasteiger partial charge in [0.1, 0.15) is 17.3 Å². The van der Waals surface area contributed by atoms with Crippen molar-refractivity contribution in [1.29, 1.82) is 0 Å². The number of ether oxygens (including phenoxy) is 2. The van der Waals surface area contributed by atoms with Gasteiger partial charge in [-0.25, -0.2) is 4.98 Å². The third kappa shape index (κ3) is 3.92. The van der Waals surface area contributed by atoms with Gasteiger partial charge in [0.25, 0.3) is 0 Å². The maximum absolute atomic E-state index is 12.0. The van der Waals surface area contributed by atoms with Crippen LogP contribution in [-0.2, 0) is 4.79 Å². The molecule has 0 saturated carbocycles. The Morgan fingerprint density at radius 2 is 2.00 bits per heavy atom. The number of carbonyl (C=O) groups is 1. The molecule has 1 unspecified atom stereocenters. The van der Waals surface area contributed by atoms with Crippen molar-refractivity contribution in [3.63, 3.8) is 0 Å². The Balaban J connectivity index is 1.75. The number of nitrogens with zero attached hydrogens (tertiary/aromatic N) is 3. The Morgan fingerprint density at radius 1 is 1.26 bits per heavy atom. The molecule has 1 saturated heterocycles. The van der Waals surface area contributed by atoms with Gasteiger partial charge in [0.05, 0.1) is 36.7 Å². The molecule has 7 nitrogen and oxygen atoms in total. The van der Waals surface area contributed by atoms with E-state index in [1.807, 2.05) is 29.3 Å². The van der Waals surface area contributed by atoms with E-state index in [2.05, 4.69) is 28.0 Å². The second-order valence-corrected chi connectivity index (χ2v) is 7.32. The number of fused-ring (bicyclic) bond motifs is 1. The first-order valence-electron chi connectivity index (χ1n) is 9.95. The van der Waals surface area contributed by atoms with E-state index < -0.39 is 0 Å². The number of rotatable bonds is 4. The highest BCUT2D eigenvalue weighted by atomic mass is 16.5. The van der Waals surface area contributed by atoms with E-state index in [1.54, 1.807) is 26.5 Å². The van der Waals surface area contributed by atoms with E-state index in [-0.39, 0.29) is 11.9 Å². The van der Waals surface area contributed by atoms with Crippen LogP contribution in [0.25, 0.3) is 10.9 Å². The summed E-state index contributed by atoms with van der Waals surface area (Å²) in [5.74, 6) is 8.15.